The molecule has 2 aliphatic heterocycles. The van der Waals surface area contributed by atoms with E-state index in [0.29, 0.717) is 51.0 Å². The summed E-state index contributed by atoms with van der Waals surface area (Å²) in [5, 5.41) is 15.7. The largest absolute Gasteiger partial charge is 0.447 e. The molecule has 2 aliphatic rings. The van der Waals surface area contributed by atoms with Crippen molar-refractivity contribution in [1.29, 1.82) is 0 Å². The van der Waals surface area contributed by atoms with E-state index < -0.39 is 73.2 Å². The summed E-state index contributed by atoms with van der Waals surface area (Å²) in [5.41, 5.74) is -0.861. The average Bonchev–Trinajstić information content (AvgIpc) is 2.35. The Morgan fingerprint density at radius 1 is 0.576 bits per heavy atom. The van der Waals surface area contributed by atoms with Crippen LogP contribution >= 0.6 is 22.7 Å². The Labute approximate surface area is 508 Å². The van der Waals surface area contributed by atoms with Gasteiger partial charge in [-0.15, -0.1) is 22.7 Å². The lowest BCUT2D eigenvalue weighted by atomic mass is 9.99. The lowest BCUT2D eigenvalue weighted by Crippen LogP contribution is -2.52. The van der Waals surface area contributed by atoms with E-state index in [1.807, 2.05) is 0 Å². The fraction of sp³-hybridized carbons (Fsp3) is 0.596. The minimum atomic E-state index is -4.07. The van der Waals surface area contributed by atoms with Crippen molar-refractivity contribution in [3.63, 3.8) is 0 Å². The topological polar surface area (TPSA) is 313 Å². The molecule has 2 aromatic heterocycles. The second-order valence-corrected chi connectivity index (χ2v) is 30.2. The van der Waals surface area contributed by atoms with E-state index in [9.17, 15) is 40.8 Å². The summed E-state index contributed by atoms with van der Waals surface area (Å²) >= 11 is 2.66. The van der Waals surface area contributed by atoms with Crippen molar-refractivity contribution in [3.05, 3.63) is 58.8 Å². The fourth-order valence-corrected chi connectivity index (χ4v) is 14.4. The third kappa shape index (κ3) is 22.2. The summed E-state index contributed by atoms with van der Waals surface area (Å²) in [6.07, 6.45) is 1.67. The van der Waals surface area contributed by atoms with Gasteiger partial charge >= 0.3 is 30.5 Å². The minimum absolute atomic E-state index is 0.0255. The number of benzene rings is 2. The van der Waals surface area contributed by atoms with Crippen molar-refractivity contribution in [2.75, 3.05) is 23.7 Å². The van der Waals surface area contributed by atoms with E-state index in [0.717, 1.165) is 17.8 Å². The van der Waals surface area contributed by atoms with Gasteiger partial charge in [0.2, 0.25) is 20.0 Å². The van der Waals surface area contributed by atoms with Gasteiger partial charge in [0.15, 0.2) is 0 Å². The van der Waals surface area contributed by atoms with Gasteiger partial charge in [-0.1, -0.05) is 12.1 Å². The zero-order valence-corrected chi connectivity index (χ0v) is 54.9. The molecular weight excluding hydrogens is 1180 g/mol. The summed E-state index contributed by atoms with van der Waals surface area (Å²) in [4.78, 5) is 74.0. The minimum Gasteiger partial charge on any atom is -0.447 e. The fourth-order valence-electron chi connectivity index (χ4n) is 8.72. The lowest BCUT2D eigenvalue weighted by Gasteiger charge is -2.39. The van der Waals surface area contributed by atoms with Crippen LogP contribution < -0.4 is 36.0 Å². The summed E-state index contributed by atoms with van der Waals surface area (Å²) in [6.45, 7) is 30.5. The molecule has 2 saturated heterocycles. The summed E-state index contributed by atoms with van der Waals surface area (Å²) in [7, 11) is -8.02. The quantitative estimate of drug-likeness (QED) is 0.0513. The van der Waals surface area contributed by atoms with Crippen LogP contribution in [0, 0.1) is 0 Å². The van der Waals surface area contributed by atoms with Gasteiger partial charge in [0.1, 0.15) is 15.6 Å². The van der Waals surface area contributed by atoms with Gasteiger partial charge in [0.25, 0.3) is 0 Å². The van der Waals surface area contributed by atoms with Gasteiger partial charge in [-0.25, -0.2) is 60.2 Å². The Bertz CT molecular complexity index is 3190. The number of aromatic nitrogens is 2. The first-order chi connectivity index (χ1) is 39.3. The number of anilines is 2. The first-order valence-electron chi connectivity index (χ1n) is 28.2. The molecule has 0 radical (unpaired) electrons. The second kappa shape index (κ2) is 29.0. The van der Waals surface area contributed by atoms with Crippen LogP contribution in [-0.2, 0) is 43.7 Å². The molecule has 28 heteroatoms. The smallest absolute Gasteiger partial charge is 0.411 e. The number of thiazole rings is 2. The number of sulfonamides is 2. The third-order valence-corrected chi connectivity index (χ3v) is 17.6. The van der Waals surface area contributed by atoms with Crippen LogP contribution in [0.3, 0.4) is 0 Å². The number of nitrogens with zero attached hydrogens (tertiary/aromatic N) is 3. The van der Waals surface area contributed by atoms with E-state index in [4.69, 9.17) is 23.7 Å². The van der Waals surface area contributed by atoms with Crippen molar-refractivity contribution in [2.45, 2.75) is 218 Å². The van der Waals surface area contributed by atoms with Crippen LogP contribution in [-0.4, -0.2) is 128 Å². The van der Waals surface area contributed by atoms with Crippen molar-refractivity contribution >= 4 is 84.6 Å². The highest BCUT2D eigenvalue weighted by Gasteiger charge is 2.38. The standard InChI is InChI=1S/C31H47N5O8S2.C26H39N5O6S2/c1-18(2)42-27(37)33-20-11-13-22(25(15-20)46(40,41)35-30(5,6)7)24-16-32-26(45-24)23-14-12-21(34-28(38)43-19(3)4)17-36(23)29(39)44-31(8,9)10;1-15(2)36-24(32)29-17-8-10-19(22(12-17)39(34,35)31-26(5,6)7)21-14-28-23(38-21)20-11-9-18(13-27-20)30-25(33)37-16(3)4/h11,13,15-16,18-19,21,23,35H,12,14,17H2,1-10H3,(H,33,37)(H,34,38);8,10,12,14-16,18,20,27,31H,9,11,13H2,1-7H3,(H,29,32)(H,30,33)/t21-,23+;18-,20+/m11/s1. The Morgan fingerprint density at radius 3 is 1.40 bits per heavy atom. The number of hydrogen-bond acceptors (Lipinski definition) is 19. The maximum Gasteiger partial charge on any atom is 0.411 e. The Morgan fingerprint density at radius 2 is 0.988 bits per heavy atom. The molecule has 472 valence electrons. The Balaban J connectivity index is 0.000000315. The number of amides is 5. The van der Waals surface area contributed by atoms with Crippen molar-refractivity contribution in [1.82, 2.24) is 40.3 Å². The highest BCUT2D eigenvalue weighted by molar-refractivity contribution is 7.90. The number of piperidine rings is 2. The number of nitrogens with one attached hydrogen (secondary N) is 7. The molecule has 2 fully saturated rings. The maximum absolute atomic E-state index is 13.6. The average molecular weight is 1260 g/mol. The molecule has 0 unspecified atom stereocenters. The van der Waals surface area contributed by atoms with Crippen LogP contribution in [0.15, 0.2) is 58.6 Å². The van der Waals surface area contributed by atoms with Gasteiger partial charge in [-0.3, -0.25) is 15.5 Å². The van der Waals surface area contributed by atoms with E-state index in [1.54, 1.807) is 159 Å². The normalized spacial score (nSPS) is 17.8. The third-order valence-electron chi connectivity index (χ3n) is 11.7. The van der Waals surface area contributed by atoms with E-state index in [-0.39, 0.29) is 64.6 Å². The number of likely N-dealkylation sites (tertiary alicyclic amines) is 1. The Kier molecular flexibility index (Phi) is 23.8. The van der Waals surface area contributed by atoms with Crippen molar-refractivity contribution < 1.29 is 64.5 Å². The number of carbonyl (C=O) groups excluding carboxylic acids is 5. The molecule has 2 aromatic carbocycles. The molecule has 0 bridgehead atoms. The maximum atomic E-state index is 13.6. The second-order valence-electron chi connectivity index (χ2n) is 24.8. The number of hydrogen-bond donors (Lipinski definition) is 7. The number of ether oxygens (including phenoxy) is 5. The van der Waals surface area contributed by atoms with Crippen LogP contribution in [0.4, 0.5) is 35.3 Å². The van der Waals surface area contributed by atoms with Gasteiger partial charge < -0.3 is 39.6 Å². The first-order valence-corrected chi connectivity index (χ1v) is 32.8. The summed E-state index contributed by atoms with van der Waals surface area (Å²) < 4.78 is 85.9. The number of carbonyl (C=O) groups is 5. The number of alkyl carbamates (subject to hydrolysis) is 2. The van der Waals surface area contributed by atoms with Crippen molar-refractivity contribution in [3.8, 4) is 20.9 Å². The zero-order chi connectivity index (χ0) is 63.6. The molecule has 0 spiro atoms. The number of rotatable bonds is 16. The molecule has 7 N–H and O–H groups in total. The highest BCUT2D eigenvalue weighted by Crippen LogP contribution is 2.41. The Hall–Kier alpha value is -6.17. The van der Waals surface area contributed by atoms with Crippen LogP contribution in [0.1, 0.15) is 165 Å². The molecule has 5 amide bonds. The monoisotopic (exact) mass is 1260 g/mol. The molecule has 4 heterocycles. The predicted molar refractivity (Wildman–Crippen MR) is 328 cm³/mol. The highest BCUT2D eigenvalue weighted by atomic mass is 32.2. The van der Waals surface area contributed by atoms with Crippen LogP contribution in [0.25, 0.3) is 20.9 Å². The van der Waals surface area contributed by atoms with Gasteiger partial charge in [-0.05, 0) is 168 Å². The molecule has 4 aromatic rings. The molecule has 0 saturated carbocycles. The predicted octanol–water partition coefficient (Wildman–Crippen LogP) is 11.2. The molecule has 6 rings (SSSR count). The van der Waals surface area contributed by atoms with E-state index >= 15 is 0 Å². The molecule has 24 nitrogen and oxygen atoms in total. The summed E-state index contributed by atoms with van der Waals surface area (Å²) in [5.74, 6) is 0. The molecule has 0 aliphatic carbocycles. The summed E-state index contributed by atoms with van der Waals surface area (Å²) in [6, 6.07) is 8.38. The molecular formula is C57H86N10O14S4. The van der Waals surface area contributed by atoms with Gasteiger partial charge in [0.05, 0.1) is 62.1 Å². The SMILES string of the molecule is CC(C)OC(=O)Nc1ccc(-c2cnc([C@@H]3CC[C@@H](NC(=O)OC(C)C)CN3)s2)c(S(=O)(=O)NC(C)(C)C)c1.CC(C)OC(=O)Nc1ccc(-c2cnc([C@@H]3CC[C@@H](NC(=O)OC(C)C)CN3C(=O)OC(C)(C)C)s2)c(S(=O)(=O)NC(C)(C)C)c1. The van der Waals surface area contributed by atoms with Crippen LogP contribution in [0.5, 0.6) is 0 Å². The van der Waals surface area contributed by atoms with Crippen molar-refractivity contribution in [2.24, 2.45) is 0 Å². The zero-order valence-electron chi connectivity index (χ0n) is 51.7. The first kappa shape index (κ1) is 69.6. The van der Waals surface area contributed by atoms with Crippen LogP contribution in [0.2, 0.25) is 0 Å². The van der Waals surface area contributed by atoms with Gasteiger partial charge in [0, 0.05) is 65.1 Å². The lowest BCUT2D eigenvalue weighted by molar-refractivity contribution is 0.00488. The van der Waals surface area contributed by atoms with E-state index in [2.05, 4.69) is 46.0 Å². The van der Waals surface area contributed by atoms with E-state index in [1.165, 1.54) is 34.8 Å². The van der Waals surface area contributed by atoms with Gasteiger partial charge in [-0.2, -0.15) is 0 Å². The molecule has 85 heavy (non-hydrogen) atoms. The molecule has 4 atom stereocenters.